The van der Waals surface area contributed by atoms with Gasteiger partial charge in [0.15, 0.2) is 0 Å². The summed E-state index contributed by atoms with van der Waals surface area (Å²) >= 11 is 6.02. The average Bonchev–Trinajstić information content (AvgIpc) is 2.55. The third-order valence-corrected chi connectivity index (χ3v) is 3.34. The van der Waals surface area contributed by atoms with Crippen molar-refractivity contribution in [2.45, 2.75) is 0 Å². The fourth-order valence-electron chi connectivity index (χ4n) is 1.91. The fraction of sp³-hybridized carbons (Fsp3) is 0.188. The maximum absolute atomic E-state index is 12.8. The molecule has 2 aromatic carbocycles. The maximum Gasteiger partial charge on any atom is 0.243 e. The van der Waals surface area contributed by atoms with Gasteiger partial charge in [0.05, 0.1) is 31.5 Å². The molecule has 0 atom stereocenters. The first-order valence-corrected chi connectivity index (χ1v) is 7.12. The molecule has 0 aliphatic carbocycles. The first-order chi connectivity index (χ1) is 11.0. The molecule has 0 aliphatic rings. The Morgan fingerprint density at radius 1 is 1.13 bits per heavy atom. The lowest BCUT2D eigenvalue weighted by molar-refractivity contribution is -0.114. The Morgan fingerprint density at radius 2 is 1.78 bits per heavy atom. The molecule has 0 unspecified atom stereocenters. The van der Waals surface area contributed by atoms with Crippen LogP contribution in [0.5, 0.6) is 11.5 Å². The minimum Gasteiger partial charge on any atom is -0.495 e. The van der Waals surface area contributed by atoms with Crippen LogP contribution in [0, 0.1) is 5.82 Å². The van der Waals surface area contributed by atoms with Crippen molar-refractivity contribution in [2.24, 2.45) is 0 Å². The summed E-state index contributed by atoms with van der Waals surface area (Å²) in [6, 6.07) is 8.76. The third-order valence-electron chi connectivity index (χ3n) is 3.04. The van der Waals surface area contributed by atoms with Gasteiger partial charge in [0.25, 0.3) is 0 Å². The van der Waals surface area contributed by atoms with E-state index in [1.54, 1.807) is 12.1 Å². The number of hydrogen-bond acceptors (Lipinski definition) is 4. The van der Waals surface area contributed by atoms with Crippen molar-refractivity contribution in [1.29, 1.82) is 0 Å². The van der Waals surface area contributed by atoms with E-state index < -0.39 is 0 Å². The highest BCUT2D eigenvalue weighted by Gasteiger charge is 2.11. The van der Waals surface area contributed by atoms with Crippen LogP contribution in [-0.2, 0) is 4.79 Å². The van der Waals surface area contributed by atoms with E-state index in [0.29, 0.717) is 27.9 Å². The van der Waals surface area contributed by atoms with Gasteiger partial charge >= 0.3 is 0 Å². The summed E-state index contributed by atoms with van der Waals surface area (Å²) in [6.45, 7) is -0.00147. The van der Waals surface area contributed by atoms with Crippen molar-refractivity contribution in [3.05, 3.63) is 47.2 Å². The predicted octanol–water partition coefficient (Wildman–Crippen LogP) is 3.55. The van der Waals surface area contributed by atoms with E-state index >= 15 is 0 Å². The second-order valence-corrected chi connectivity index (χ2v) is 5.00. The number of methoxy groups -OCH3 is 2. The summed E-state index contributed by atoms with van der Waals surface area (Å²) in [5, 5.41) is 6.01. The number of nitrogens with one attached hydrogen (secondary N) is 2. The van der Waals surface area contributed by atoms with Crippen molar-refractivity contribution < 1.29 is 18.7 Å². The van der Waals surface area contributed by atoms with Crippen LogP contribution in [0.4, 0.5) is 15.8 Å². The normalized spacial score (nSPS) is 10.1. The van der Waals surface area contributed by atoms with Gasteiger partial charge in [0.1, 0.15) is 17.3 Å². The molecule has 0 aliphatic heterocycles. The lowest BCUT2D eigenvalue weighted by Crippen LogP contribution is -2.22. The Bertz CT molecular complexity index is 692. The molecule has 2 N–H and O–H groups in total. The lowest BCUT2D eigenvalue weighted by Gasteiger charge is -2.14. The summed E-state index contributed by atoms with van der Waals surface area (Å²) in [5.41, 5.74) is 1.09. The van der Waals surface area contributed by atoms with E-state index in [0.717, 1.165) is 0 Å². The number of hydrogen-bond donors (Lipinski definition) is 2. The summed E-state index contributed by atoms with van der Waals surface area (Å²) in [5.74, 6) is 0.311. The quantitative estimate of drug-likeness (QED) is 0.845. The maximum atomic E-state index is 12.8. The van der Waals surface area contributed by atoms with Crippen molar-refractivity contribution in [3.63, 3.8) is 0 Å². The van der Waals surface area contributed by atoms with Crippen LogP contribution in [0.1, 0.15) is 0 Å². The number of halogens is 2. The molecular formula is C16H16ClFN2O3. The van der Waals surface area contributed by atoms with Crippen molar-refractivity contribution >= 4 is 28.9 Å². The molecule has 2 aromatic rings. The zero-order chi connectivity index (χ0) is 16.8. The van der Waals surface area contributed by atoms with Crippen LogP contribution in [-0.4, -0.2) is 26.7 Å². The van der Waals surface area contributed by atoms with Crippen molar-refractivity contribution in [2.75, 3.05) is 31.4 Å². The number of carbonyl (C=O) groups excluding carboxylic acids is 1. The molecule has 0 fully saturated rings. The van der Waals surface area contributed by atoms with Gasteiger partial charge in [-0.15, -0.1) is 0 Å². The first-order valence-electron chi connectivity index (χ1n) is 6.74. The lowest BCUT2D eigenvalue weighted by atomic mass is 10.2. The predicted molar refractivity (Wildman–Crippen MR) is 88.1 cm³/mol. The second kappa shape index (κ2) is 7.69. The van der Waals surface area contributed by atoms with Gasteiger partial charge in [-0.2, -0.15) is 0 Å². The molecule has 0 radical (unpaired) electrons. The number of anilines is 2. The van der Waals surface area contributed by atoms with Crippen LogP contribution in [0.3, 0.4) is 0 Å². The summed E-state index contributed by atoms with van der Waals surface area (Å²) in [7, 11) is 3.00. The van der Waals surface area contributed by atoms with Crippen LogP contribution < -0.4 is 20.1 Å². The molecule has 0 spiro atoms. The molecule has 1 amide bonds. The second-order valence-electron chi connectivity index (χ2n) is 4.60. The van der Waals surface area contributed by atoms with E-state index in [1.165, 1.54) is 38.5 Å². The Hall–Kier alpha value is -2.47. The molecule has 0 heterocycles. The van der Waals surface area contributed by atoms with Gasteiger partial charge in [0, 0.05) is 17.8 Å². The number of benzene rings is 2. The summed E-state index contributed by atoms with van der Waals surface area (Å²) < 4.78 is 23.2. The van der Waals surface area contributed by atoms with Gasteiger partial charge < -0.3 is 20.1 Å². The molecule has 7 heteroatoms. The average molecular weight is 339 g/mol. The Labute approximate surface area is 138 Å². The minimum atomic E-state index is -0.362. The highest BCUT2D eigenvalue weighted by atomic mass is 35.5. The summed E-state index contributed by atoms with van der Waals surface area (Å²) in [4.78, 5) is 11.9. The van der Waals surface area contributed by atoms with Gasteiger partial charge in [-0.1, -0.05) is 11.6 Å². The Morgan fingerprint density at radius 3 is 2.39 bits per heavy atom. The van der Waals surface area contributed by atoms with Crippen LogP contribution in [0.25, 0.3) is 0 Å². The molecule has 23 heavy (non-hydrogen) atoms. The number of amides is 1. The zero-order valence-electron chi connectivity index (χ0n) is 12.7. The van der Waals surface area contributed by atoms with E-state index in [1.807, 2.05) is 0 Å². The van der Waals surface area contributed by atoms with E-state index in [4.69, 9.17) is 21.1 Å². The SMILES string of the molecule is COc1cc(NCC(=O)Nc2ccc(F)cc2)c(OC)cc1Cl. The first kappa shape index (κ1) is 16.9. The highest BCUT2D eigenvalue weighted by molar-refractivity contribution is 6.32. The zero-order valence-corrected chi connectivity index (χ0v) is 13.4. The molecule has 0 saturated carbocycles. The topological polar surface area (TPSA) is 59.6 Å². The van der Waals surface area contributed by atoms with Crippen molar-refractivity contribution in [1.82, 2.24) is 0 Å². The van der Waals surface area contributed by atoms with Gasteiger partial charge in [-0.05, 0) is 24.3 Å². The smallest absolute Gasteiger partial charge is 0.243 e. The molecular weight excluding hydrogens is 323 g/mol. The van der Waals surface area contributed by atoms with Crippen molar-refractivity contribution in [3.8, 4) is 11.5 Å². The molecule has 0 aromatic heterocycles. The number of ether oxygens (including phenoxy) is 2. The Balaban J connectivity index is 2.02. The van der Waals surface area contributed by atoms with Gasteiger partial charge in [0.2, 0.25) is 5.91 Å². The fourth-order valence-corrected chi connectivity index (χ4v) is 2.14. The van der Waals surface area contributed by atoms with E-state index in [9.17, 15) is 9.18 Å². The van der Waals surface area contributed by atoms with Crippen LogP contribution in [0.15, 0.2) is 36.4 Å². The van der Waals surface area contributed by atoms with E-state index in [2.05, 4.69) is 10.6 Å². The van der Waals surface area contributed by atoms with E-state index in [-0.39, 0.29) is 18.3 Å². The third kappa shape index (κ3) is 4.50. The molecule has 0 bridgehead atoms. The minimum absolute atomic E-state index is 0.00147. The molecule has 0 saturated heterocycles. The number of rotatable bonds is 6. The number of carbonyl (C=O) groups is 1. The summed E-state index contributed by atoms with van der Waals surface area (Å²) in [6.07, 6.45) is 0. The van der Waals surface area contributed by atoms with Gasteiger partial charge in [-0.25, -0.2) is 4.39 Å². The monoisotopic (exact) mass is 338 g/mol. The van der Waals surface area contributed by atoms with Crippen LogP contribution in [0.2, 0.25) is 5.02 Å². The molecule has 122 valence electrons. The highest BCUT2D eigenvalue weighted by Crippen LogP contribution is 2.35. The van der Waals surface area contributed by atoms with Gasteiger partial charge in [-0.3, -0.25) is 4.79 Å². The largest absolute Gasteiger partial charge is 0.495 e. The van der Waals surface area contributed by atoms with Crippen LogP contribution >= 0.6 is 11.6 Å². The Kier molecular flexibility index (Phi) is 5.65. The molecule has 5 nitrogen and oxygen atoms in total. The standard InChI is InChI=1S/C16H16ClFN2O3/c1-22-14-8-13(15(23-2)7-12(14)17)19-9-16(21)20-11-5-3-10(18)4-6-11/h3-8,19H,9H2,1-2H3,(H,20,21). The molecule has 2 rings (SSSR count).